The molecule has 1 N–H and O–H groups in total. The zero-order valence-corrected chi connectivity index (χ0v) is 14.1. The van der Waals surface area contributed by atoms with Gasteiger partial charge >= 0.3 is 0 Å². The van der Waals surface area contributed by atoms with Crippen LogP contribution in [0.1, 0.15) is 25.6 Å². The molecule has 1 aromatic carbocycles. The Morgan fingerprint density at radius 1 is 1.24 bits per heavy atom. The average Bonchev–Trinajstić information content (AvgIpc) is 2.77. The van der Waals surface area contributed by atoms with E-state index < -0.39 is 10.0 Å². The van der Waals surface area contributed by atoms with Crippen LogP contribution in [-0.2, 0) is 10.0 Å². The molecule has 0 spiro atoms. The highest BCUT2D eigenvalue weighted by Crippen LogP contribution is 2.27. The molecule has 0 bridgehead atoms. The molecule has 5 nitrogen and oxygen atoms in total. The molecule has 0 unspecified atom stereocenters. The Hall–Kier alpha value is -1.24. The molecule has 2 rings (SSSR count). The standard InChI is InChI=1S/C13H15Cl2N3O2S/c1-8(2)18-7-13(9(3)16-18)21(19,20)17-10-4-5-11(14)12(15)6-10/h4-8,17H,1-3H3. The molecule has 0 aliphatic heterocycles. The fraction of sp³-hybridized carbons (Fsp3) is 0.308. The summed E-state index contributed by atoms with van der Waals surface area (Å²) >= 11 is 11.7. The second kappa shape index (κ2) is 5.87. The highest BCUT2D eigenvalue weighted by atomic mass is 35.5. The first-order chi connectivity index (χ1) is 9.70. The minimum absolute atomic E-state index is 0.0811. The minimum atomic E-state index is -3.72. The monoisotopic (exact) mass is 347 g/mol. The maximum absolute atomic E-state index is 12.4. The SMILES string of the molecule is Cc1nn(C(C)C)cc1S(=O)(=O)Nc1ccc(Cl)c(Cl)c1. The lowest BCUT2D eigenvalue weighted by Crippen LogP contribution is -2.13. The van der Waals surface area contributed by atoms with Gasteiger partial charge in [-0.2, -0.15) is 5.10 Å². The van der Waals surface area contributed by atoms with Gasteiger partial charge in [0.2, 0.25) is 0 Å². The predicted molar refractivity (Wildman–Crippen MR) is 84.6 cm³/mol. The van der Waals surface area contributed by atoms with E-state index in [1.807, 2.05) is 13.8 Å². The van der Waals surface area contributed by atoms with Gasteiger partial charge in [0.1, 0.15) is 4.90 Å². The molecule has 0 saturated carbocycles. The maximum atomic E-state index is 12.4. The third kappa shape index (κ3) is 3.51. The van der Waals surface area contributed by atoms with Crippen molar-refractivity contribution in [2.45, 2.75) is 31.7 Å². The average molecular weight is 348 g/mol. The zero-order valence-electron chi connectivity index (χ0n) is 11.8. The normalized spacial score (nSPS) is 11.9. The van der Waals surface area contributed by atoms with Crippen molar-refractivity contribution in [3.8, 4) is 0 Å². The number of hydrogen-bond donors (Lipinski definition) is 1. The van der Waals surface area contributed by atoms with Gasteiger partial charge < -0.3 is 0 Å². The van der Waals surface area contributed by atoms with E-state index in [9.17, 15) is 8.42 Å². The summed E-state index contributed by atoms with van der Waals surface area (Å²) in [6, 6.07) is 4.63. The van der Waals surface area contributed by atoms with Crippen LogP contribution in [-0.4, -0.2) is 18.2 Å². The van der Waals surface area contributed by atoms with Gasteiger partial charge in [-0.1, -0.05) is 23.2 Å². The fourth-order valence-electron chi connectivity index (χ4n) is 1.76. The lowest BCUT2D eigenvalue weighted by atomic mass is 10.3. The van der Waals surface area contributed by atoms with E-state index in [0.717, 1.165) is 0 Å². The molecule has 2 aromatic rings. The number of sulfonamides is 1. The molecule has 0 aliphatic rings. The van der Waals surface area contributed by atoms with Crippen LogP contribution in [0.15, 0.2) is 29.3 Å². The van der Waals surface area contributed by atoms with Gasteiger partial charge in [0, 0.05) is 12.2 Å². The lowest BCUT2D eigenvalue weighted by molar-refractivity contribution is 0.528. The summed E-state index contributed by atoms with van der Waals surface area (Å²) in [5, 5.41) is 4.85. The Bertz CT molecular complexity index is 770. The van der Waals surface area contributed by atoms with Crippen molar-refractivity contribution in [2.75, 3.05) is 4.72 Å². The van der Waals surface area contributed by atoms with E-state index in [1.165, 1.54) is 18.3 Å². The van der Waals surface area contributed by atoms with Crippen molar-refractivity contribution < 1.29 is 8.42 Å². The number of benzene rings is 1. The van der Waals surface area contributed by atoms with Gasteiger partial charge in [0.15, 0.2) is 0 Å². The van der Waals surface area contributed by atoms with E-state index >= 15 is 0 Å². The number of aryl methyl sites for hydroxylation is 1. The molecule has 114 valence electrons. The van der Waals surface area contributed by atoms with Crippen LogP contribution < -0.4 is 4.72 Å². The second-order valence-electron chi connectivity index (χ2n) is 4.89. The van der Waals surface area contributed by atoms with Crippen LogP contribution in [0.2, 0.25) is 10.0 Å². The first kappa shape index (κ1) is 16.1. The first-order valence-corrected chi connectivity index (χ1v) is 8.48. The topological polar surface area (TPSA) is 64.0 Å². The van der Waals surface area contributed by atoms with Gasteiger partial charge in [0.25, 0.3) is 10.0 Å². The van der Waals surface area contributed by atoms with Crippen molar-refractivity contribution >= 4 is 38.9 Å². The minimum Gasteiger partial charge on any atom is -0.279 e. The number of halogens is 2. The smallest absolute Gasteiger partial charge is 0.265 e. The molecule has 0 fully saturated rings. The molecule has 0 amide bonds. The molecule has 21 heavy (non-hydrogen) atoms. The van der Waals surface area contributed by atoms with Gasteiger partial charge in [-0.25, -0.2) is 8.42 Å². The summed E-state index contributed by atoms with van der Waals surface area (Å²) in [5.41, 5.74) is 0.789. The van der Waals surface area contributed by atoms with E-state index in [2.05, 4.69) is 9.82 Å². The van der Waals surface area contributed by atoms with Gasteiger partial charge in [-0.05, 0) is 39.0 Å². The molecule has 1 heterocycles. The molecule has 0 aliphatic carbocycles. The number of rotatable bonds is 4. The van der Waals surface area contributed by atoms with Crippen molar-refractivity contribution in [3.05, 3.63) is 40.1 Å². The summed E-state index contributed by atoms with van der Waals surface area (Å²) in [7, 11) is -3.72. The summed E-state index contributed by atoms with van der Waals surface area (Å²) in [6.45, 7) is 5.51. The van der Waals surface area contributed by atoms with Crippen LogP contribution in [0.5, 0.6) is 0 Å². The maximum Gasteiger partial charge on any atom is 0.265 e. The number of aromatic nitrogens is 2. The summed E-state index contributed by atoms with van der Waals surface area (Å²) in [6.07, 6.45) is 1.51. The van der Waals surface area contributed by atoms with E-state index in [-0.39, 0.29) is 16.0 Å². The summed E-state index contributed by atoms with van der Waals surface area (Å²) in [4.78, 5) is 0.141. The van der Waals surface area contributed by atoms with E-state index in [1.54, 1.807) is 17.7 Å². The predicted octanol–water partition coefficient (Wildman–Crippen LogP) is 3.88. The second-order valence-corrected chi connectivity index (χ2v) is 7.35. The Morgan fingerprint density at radius 3 is 2.43 bits per heavy atom. The number of nitrogens with one attached hydrogen (secondary N) is 1. The van der Waals surface area contributed by atoms with Crippen LogP contribution in [0.25, 0.3) is 0 Å². The Kier molecular flexibility index (Phi) is 4.51. The number of anilines is 1. The van der Waals surface area contributed by atoms with Gasteiger partial charge in [-0.3, -0.25) is 9.40 Å². The Morgan fingerprint density at radius 2 is 1.90 bits per heavy atom. The summed E-state index contributed by atoms with van der Waals surface area (Å²) in [5.74, 6) is 0. The highest BCUT2D eigenvalue weighted by Gasteiger charge is 2.21. The Balaban J connectivity index is 2.36. The third-order valence-electron chi connectivity index (χ3n) is 2.86. The van der Waals surface area contributed by atoms with Crippen LogP contribution in [0.3, 0.4) is 0 Å². The highest BCUT2D eigenvalue weighted by molar-refractivity contribution is 7.92. The quantitative estimate of drug-likeness (QED) is 0.912. The van der Waals surface area contributed by atoms with Crippen molar-refractivity contribution in [1.29, 1.82) is 0 Å². The lowest BCUT2D eigenvalue weighted by Gasteiger charge is -2.08. The molecule has 0 saturated heterocycles. The molecule has 0 radical (unpaired) electrons. The largest absolute Gasteiger partial charge is 0.279 e. The van der Waals surface area contributed by atoms with E-state index in [0.29, 0.717) is 16.4 Å². The molecular formula is C13H15Cl2N3O2S. The number of hydrogen-bond acceptors (Lipinski definition) is 3. The van der Waals surface area contributed by atoms with Crippen molar-refractivity contribution in [2.24, 2.45) is 0 Å². The Labute approximate surface area is 133 Å². The third-order valence-corrected chi connectivity index (χ3v) is 5.09. The summed E-state index contributed by atoms with van der Waals surface area (Å²) < 4.78 is 28.9. The van der Waals surface area contributed by atoms with Crippen molar-refractivity contribution in [3.63, 3.8) is 0 Å². The molecule has 0 atom stereocenters. The first-order valence-electron chi connectivity index (χ1n) is 6.24. The van der Waals surface area contributed by atoms with Gasteiger partial charge in [-0.15, -0.1) is 0 Å². The molecule has 8 heteroatoms. The van der Waals surface area contributed by atoms with E-state index in [4.69, 9.17) is 23.2 Å². The molecule has 1 aromatic heterocycles. The number of nitrogens with zero attached hydrogens (tertiary/aromatic N) is 2. The van der Waals surface area contributed by atoms with Gasteiger partial charge in [0.05, 0.1) is 21.4 Å². The van der Waals surface area contributed by atoms with Crippen LogP contribution in [0, 0.1) is 6.92 Å². The van der Waals surface area contributed by atoms with Crippen LogP contribution >= 0.6 is 23.2 Å². The fourth-order valence-corrected chi connectivity index (χ4v) is 3.28. The van der Waals surface area contributed by atoms with Crippen LogP contribution in [0.4, 0.5) is 5.69 Å². The molecular weight excluding hydrogens is 333 g/mol. The zero-order chi connectivity index (χ0) is 15.8. The van der Waals surface area contributed by atoms with Crippen molar-refractivity contribution in [1.82, 2.24) is 9.78 Å².